The molecule has 0 spiro atoms. The lowest BCUT2D eigenvalue weighted by molar-refractivity contribution is -0.129. The highest BCUT2D eigenvalue weighted by molar-refractivity contribution is 5.83. The third kappa shape index (κ3) is 4.83. The van der Waals surface area contributed by atoms with Crippen molar-refractivity contribution in [1.82, 2.24) is 0 Å². The van der Waals surface area contributed by atoms with Crippen LogP contribution in [-0.2, 0) is 4.79 Å². The Hall–Kier alpha value is -0.810. The van der Waals surface area contributed by atoms with Crippen LogP contribution in [-0.4, -0.2) is 17.0 Å². The maximum absolute atomic E-state index is 12.7. The van der Waals surface area contributed by atoms with Gasteiger partial charge in [0.05, 0.1) is 6.10 Å². The lowest BCUT2D eigenvalue weighted by atomic mass is 9.74. The van der Waals surface area contributed by atoms with E-state index in [9.17, 15) is 9.90 Å². The van der Waals surface area contributed by atoms with E-state index < -0.39 is 0 Å². The van der Waals surface area contributed by atoms with Crippen molar-refractivity contribution < 1.29 is 9.90 Å². The lowest BCUT2D eigenvalue weighted by Crippen LogP contribution is -2.31. The maximum Gasteiger partial charge on any atom is 0.139 e. The molecule has 3 fully saturated rings. The third-order valence-electron chi connectivity index (χ3n) is 6.33. The molecule has 0 bridgehead atoms. The molecule has 3 aliphatic rings. The van der Waals surface area contributed by atoms with Crippen molar-refractivity contribution in [3.8, 4) is 11.8 Å². The number of aliphatic hydroxyl groups is 1. The molecule has 0 heterocycles. The first-order valence-electron chi connectivity index (χ1n) is 9.95. The number of aliphatic hydroxyl groups excluding tert-OH is 1. The maximum atomic E-state index is 12.7. The molecular weight excluding hydrogens is 284 g/mol. The minimum Gasteiger partial charge on any atom is -0.393 e. The van der Waals surface area contributed by atoms with E-state index >= 15 is 0 Å². The Balaban J connectivity index is 1.43. The Morgan fingerprint density at radius 1 is 0.652 bits per heavy atom. The Labute approximate surface area is 141 Å². The Bertz CT molecular complexity index is 436. The van der Waals surface area contributed by atoms with Gasteiger partial charge in [0.25, 0.3) is 0 Å². The predicted octanol–water partition coefficient (Wildman–Crippen LogP) is 4.50. The number of Topliss-reactive ketones (excluding diaryl/α,β-unsaturated/α-hetero) is 1. The van der Waals surface area contributed by atoms with Crippen molar-refractivity contribution in [2.75, 3.05) is 0 Å². The van der Waals surface area contributed by atoms with Crippen LogP contribution >= 0.6 is 0 Å². The van der Waals surface area contributed by atoms with Gasteiger partial charge >= 0.3 is 0 Å². The van der Waals surface area contributed by atoms with Gasteiger partial charge in [0.2, 0.25) is 0 Å². The average Bonchev–Trinajstić information content (AvgIpc) is 2.61. The van der Waals surface area contributed by atoms with Gasteiger partial charge in [0.15, 0.2) is 0 Å². The Kier molecular flexibility index (Phi) is 6.17. The van der Waals surface area contributed by atoms with E-state index in [1.807, 2.05) is 0 Å². The summed E-state index contributed by atoms with van der Waals surface area (Å²) in [6.45, 7) is 0. The zero-order chi connectivity index (χ0) is 16.1. The fraction of sp³-hybridized carbons (Fsp3) is 0.857. The van der Waals surface area contributed by atoms with E-state index in [4.69, 9.17) is 0 Å². The van der Waals surface area contributed by atoms with Gasteiger partial charge in [0, 0.05) is 23.7 Å². The van der Waals surface area contributed by atoms with Crippen molar-refractivity contribution in [1.29, 1.82) is 0 Å². The van der Waals surface area contributed by atoms with Gasteiger partial charge in [0.1, 0.15) is 5.78 Å². The fourth-order valence-electron chi connectivity index (χ4n) is 4.70. The Morgan fingerprint density at radius 3 is 1.70 bits per heavy atom. The summed E-state index contributed by atoms with van der Waals surface area (Å²) in [5.41, 5.74) is 0. The van der Waals surface area contributed by atoms with Crippen LogP contribution in [0.3, 0.4) is 0 Å². The number of hydrogen-bond donors (Lipinski definition) is 1. The first-order valence-corrected chi connectivity index (χ1v) is 9.95. The zero-order valence-corrected chi connectivity index (χ0v) is 14.4. The molecule has 2 heteroatoms. The zero-order valence-electron chi connectivity index (χ0n) is 14.4. The second kappa shape index (κ2) is 8.34. The number of hydrogen-bond acceptors (Lipinski definition) is 2. The van der Waals surface area contributed by atoms with Crippen LogP contribution in [0.5, 0.6) is 0 Å². The molecule has 0 radical (unpaired) electrons. The molecule has 0 aliphatic heterocycles. The van der Waals surface area contributed by atoms with Gasteiger partial charge in [-0.1, -0.05) is 31.1 Å². The molecule has 0 aromatic heterocycles. The highest BCUT2D eigenvalue weighted by Gasteiger charge is 2.32. The summed E-state index contributed by atoms with van der Waals surface area (Å²) in [6, 6.07) is 0. The van der Waals surface area contributed by atoms with E-state index in [-0.39, 0.29) is 17.9 Å². The molecule has 0 aromatic rings. The molecule has 3 saturated carbocycles. The summed E-state index contributed by atoms with van der Waals surface area (Å²) in [5, 5.41) is 9.59. The van der Waals surface area contributed by atoms with E-state index in [2.05, 4.69) is 11.8 Å². The van der Waals surface area contributed by atoms with Crippen LogP contribution in [0.25, 0.3) is 0 Å². The molecule has 3 aliphatic carbocycles. The molecule has 1 N–H and O–H groups in total. The topological polar surface area (TPSA) is 37.3 Å². The van der Waals surface area contributed by atoms with Gasteiger partial charge in [-0.05, 0) is 64.2 Å². The van der Waals surface area contributed by atoms with Crippen LogP contribution < -0.4 is 0 Å². The van der Waals surface area contributed by atoms with Gasteiger partial charge in [-0.15, -0.1) is 0 Å². The highest BCUT2D eigenvalue weighted by atomic mass is 16.3. The number of rotatable bonds is 2. The standard InChI is InChI=1S/C21H32O2/c22-20-14-12-19(13-15-20)21(23)18-10-8-17(9-11-18)7-6-16-4-2-1-3-5-16/h16-20,22H,1-5,8-15H2. The monoisotopic (exact) mass is 316 g/mol. The Morgan fingerprint density at radius 2 is 1.13 bits per heavy atom. The average molecular weight is 316 g/mol. The van der Waals surface area contributed by atoms with E-state index in [1.165, 1.54) is 32.1 Å². The number of carbonyl (C=O) groups is 1. The highest BCUT2D eigenvalue weighted by Crippen LogP contribution is 2.35. The molecule has 3 rings (SSSR count). The normalized spacial score (nSPS) is 36.0. The van der Waals surface area contributed by atoms with Crippen molar-refractivity contribution in [3.63, 3.8) is 0 Å². The summed E-state index contributed by atoms with van der Waals surface area (Å²) in [7, 11) is 0. The molecule has 23 heavy (non-hydrogen) atoms. The molecule has 2 nitrogen and oxygen atoms in total. The summed E-state index contributed by atoms with van der Waals surface area (Å²) in [4.78, 5) is 12.7. The SMILES string of the molecule is O=C(C1CCC(O)CC1)C1CCC(C#CC2CCCCC2)CC1. The first kappa shape index (κ1) is 17.0. The summed E-state index contributed by atoms with van der Waals surface area (Å²) >= 11 is 0. The quantitative estimate of drug-likeness (QED) is 0.762. The molecule has 0 saturated heterocycles. The second-order valence-electron chi connectivity index (χ2n) is 8.08. The van der Waals surface area contributed by atoms with Crippen LogP contribution in [0.4, 0.5) is 0 Å². The van der Waals surface area contributed by atoms with Gasteiger partial charge in [-0.25, -0.2) is 0 Å². The van der Waals surface area contributed by atoms with E-state index in [0.29, 0.717) is 17.6 Å². The third-order valence-corrected chi connectivity index (χ3v) is 6.33. The van der Waals surface area contributed by atoms with Crippen LogP contribution in [0.1, 0.15) is 83.5 Å². The van der Waals surface area contributed by atoms with Crippen molar-refractivity contribution in [3.05, 3.63) is 0 Å². The van der Waals surface area contributed by atoms with Crippen molar-refractivity contribution in [2.45, 2.75) is 89.6 Å². The summed E-state index contributed by atoms with van der Waals surface area (Å²) in [5.74, 6) is 9.28. The smallest absolute Gasteiger partial charge is 0.139 e. The van der Waals surface area contributed by atoms with E-state index in [0.717, 1.165) is 51.4 Å². The minimum atomic E-state index is -0.162. The minimum absolute atomic E-state index is 0.162. The van der Waals surface area contributed by atoms with Crippen LogP contribution in [0.2, 0.25) is 0 Å². The molecule has 0 atom stereocenters. The number of ketones is 1. The van der Waals surface area contributed by atoms with Gasteiger partial charge in [-0.3, -0.25) is 4.79 Å². The summed E-state index contributed by atoms with van der Waals surface area (Å²) in [6.07, 6.45) is 14.3. The molecule has 0 unspecified atom stereocenters. The van der Waals surface area contributed by atoms with Gasteiger partial charge in [-0.2, -0.15) is 0 Å². The predicted molar refractivity (Wildman–Crippen MR) is 92.8 cm³/mol. The number of carbonyl (C=O) groups excluding carboxylic acids is 1. The molecule has 0 aromatic carbocycles. The largest absolute Gasteiger partial charge is 0.393 e. The van der Waals surface area contributed by atoms with Crippen LogP contribution in [0, 0.1) is 35.5 Å². The molecule has 128 valence electrons. The fourth-order valence-corrected chi connectivity index (χ4v) is 4.70. The molecule has 0 amide bonds. The summed E-state index contributed by atoms with van der Waals surface area (Å²) < 4.78 is 0. The second-order valence-corrected chi connectivity index (χ2v) is 8.08. The van der Waals surface area contributed by atoms with Gasteiger partial charge < -0.3 is 5.11 Å². The van der Waals surface area contributed by atoms with Crippen molar-refractivity contribution >= 4 is 5.78 Å². The first-order chi connectivity index (χ1) is 11.2. The van der Waals surface area contributed by atoms with Crippen LogP contribution in [0.15, 0.2) is 0 Å². The van der Waals surface area contributed by atoms with E-state index in [1.54, 1.807) is 0 Å². The molecular formula is C21H32O2. The van der Waals surface area contributed by atoms with Crippen molar-refractivity contribution in [2.24, 2.45) is 23.7 Å². The lowest BCUT2D eigenvalue weighted by Gasteiger charge is -2.31.